The van der Waals surface area contributed by atoms with Crippen molar-refractivity contribution in [3.8, 4) is 5.75 Å². The third kappa shape index (κ3) is 7.96. The minimum atomic E-state index is -3.95. The first kappa shape index (κ1) is 36.9. The summed E-state index contributed by atoms with van der Waals surface area (Å²) >= 11 is 6.38. The van der Waals surface area contributed by atoms with Gasteiger partial charge in [-0.2, -0.15) is 0 Å². The van der Waals surface area contributed by atoms with Gasteiger partial charge < -0.3 is 19.3 Å². The summed E-state index contributed by atoms with van der Waals surface area (Å²) in [6.07, 6.45) is 7.06. The topological polar surface area (TPSA) is 108 Å². The standard InChI is InChI=1S/C38H53ClN4O6S/c1-26-8-7-16-38(48-4,25-42-19-18-41(3)36(44)23-42)33-14-11-30(33)22-43-17-6-5-9-28-20-32(39)13-10-31(28)24-49-35-15-12-29(21-34(35)43)37(45)40-50(46,47)27(26)2/h10,12-13,15,20-21,26-27,30,33H,5-9,11,14,16-19,22-25H2,1-4H3,(H,40,45)/t26?,27-,30?,33-,38+/m1/s1. The van der Waals surface area contributed by atoms with Gasteiger partial charge in [-0.15, -0.1) is 0 Å². The lowest BCUT2D eigenvalue weighted by Gasteiger charge is -2.53. The molecule has 0 radical (unpaired) electrons. The zero-order valence-corrected chi connectivity index (χ0v) is 31.5. The van der Waals surface area contributed by atoms with Gasteiger partial charge in [-0.05, 0) is 111 Å². The first-order valence-electron chi connectivity index (χ1n) is 18.3. The van der Waals surface area contributed by atoms with E-state index in [2.05, 4.69) is 14.5 Å². The molecule has 1 aliphatic carbocycles. The van der Waals surface area contributed by atoms with Crippen LogP contribution in [0.5, 0.6) is 5.75 Å². The van der Waals surface area contributed by atoms with Crippen LogP contribution in [0, 0.1) is 17.8 Å². The van der Waals surface area contributed by atoms with Crippen LogP contribution >= 0.6 is 11.6 Å². The number of piperazine rings is 1. The molecule has 0 spiro atoms. The first-order valence-corrected chi connectivity index (χ1v) is 20.2. The molecule has 6 rings (SSSR count). The molecule has 2 aromatic rings. The highest BCUT2D eigenvalue weighted by Gasteiger charge is 2.49. The van der Waals surface area contributed by atoms with E-state index in [9.17, 15) is 18.0 Å². The number of fused-ring (bicyclic) bond motifs is 3. The fraction of sp³-hybridized carbons (Fsp3) is 0.632. The van der Waals surface area contributed by atoms with Gasteiger partial charge in [0.1, 0.15) is 12.4 Å². The number of anilines is 1. The normalized spacial score (nSPS) is 29.8. The number of halogens is 1. The smallest absolute Gasteiger partial charge is 0.264 e. The van der Waals surface area contributed by atoms with Gasteiger partial charge in [0.25, 0.3) is 5.91 Å². The Morgan fingerprint density at radius 3 is 2.56 bits per heavy atom. The summed E-state index contributed by atoms with van der Waals surface area (Å²) in [6, 6.07) is 11.2. The Kier molecular flexibility index (Phi) is 11.4. The predicted molar refractivity (Wildman–Crippen MR) is 196 cm³/mol. The molecule has 2 bridgehead atoms. The number of carbonyl (C=O) groups is 2. The van der Waals surface area contributed by atoms with Gasteiger partial charge in [0, 0.05) is 57.5 Å². The molecule has 3 aliphatic heterocycles. The number of hydrogen-bond acceptors (Lipinski definition) is 8. The van der Waals surface area contributed by atoms with Gasteiger partial charge in [0.05, 0.1) is 23.1 Å². The van der Waals surface area contributed by atoms with E-state index in [-0.39, 0.29) is 23.3 Å². The fourth-order valence-corrected chi connectivity index (χ4v) is 9.91. The van der Waals surface area contributed by atoms with Gasteiger partial charge in [-0.25, -0.2) is 13.1 Å². The van der Waals surface area contributed by atoms with Crippen LogP contribution in [0.1, 0.15) is 80.3 Å². The van der Waals surface area contributed by atoms with Gasteiger partial charge in [-0.3, -0.25) is 14.5 Å². The minimum Gasteiger partial charge on any atom is -0.487 e. The summed E-state index contributed by atoms with van der Waals surface area (Å²) in [5.74, 6) is 0.548. The molecule has 2 amide bonds. The van der Waals surface area contributed by atoms with Crippen LogP contribution in [-0.2, 0) is 32.6 Å². The second-order valence-electron chi connectivity index (χ2n) is 15.1. The van der Waals surface area contributed by atoms with Crippen LogP contribution in [0.25, 0.3) is 0 Å². The second kappa shape index (κ2) is 15.4. The highest BCUT2D eigenvalue weighted by atomic mass is 35.5. The minimum absolute atomic E-state index is 0.121. The Morgan fingerprint density at radius 2 is 1.82 bits per heavy atom. The number of nitrogens with zero attached hydrogens (tertiary/aromatic N) is 3. The molecule has 5 atom stereocenters. The molecule has 2 aromatic carbocycles. The second-order valence-corrected chi connectivity index (χ2v) is 17.6. The Morgan fingerprint density at radius 1 is 1.00 bits per heavy atom. The lowest BCUT2D eigenvalue weighted by Crippen LogP contribution is -2.60. The van der Waals surface area contributed by atoms with E-state index in [4.69, 9.17) is 21.1 Å². The molecule has 10 nitrogen and oxygen atoms in total. The van der Waals surface area contributed by atoms with E-state index >= 15 is 0 Å². The van der Waals surface area contributed by atoms with Crippen molar-refractivity contribution in [3.63, 3.8) is 0 Å². The Balaban J connectivity index is 1.38. The molecule has 1 saturated heterocycles. The average Bonchev–Trinajstić information content (AvgIpc) is 3.10. The van der Waals surface area contributed by atoms with Gasteiger partial charge >= 0.3 is 0 Å². The number of benzene rings is 2. The molecule has 12 heteroatoms. The lowest BCUT2D eigenvalue weighted by atomic mass is 9.62. The molecule has 274 valence electrons. The number of hydrogen-bond donors (Lipinski definition) is 1. The maximum atomic E-state index is 13.6. The van der Waals surface area contributed by atoms with Crippen LogP contribution in [0.2, 0.25) is 5.02 Å². The largest absolute Gasteiger partial charge is 0.487 e. The van der Waals surface area contributed by atoms with E-state index in [1.807, 2.05) is 39.3 Å². The number of amides is 2. The number of sulfonamides is 1. The summed E-state index contributed by atoms with van der Waals surface area (Å²) < 4.78 is 42.6. The lowest BCUT2D eigenvalue weighted by molar-refractivity contribution is -0.146. The molecular weight excluding hydrogens is 676 g/mol. The number of rotatable bonds is 3. The van der Waals surface area contributed by atoms with Crippen LogP contribution < -0.4 is 14.4 Å². The van der Waals surface area contributed by atoms with Crippen molar-refractivity contribution in [3.05, 3.63) is 58.1 Å². The first-order chi connectivity index (χ1) is 23.9. The molecule has 1 saturated carbocycles. The number of aryl methyl sites for hydroxylation is 1. The molecule has 3 heterocycles. The number of nitrogens with one attached hydrogen (secondary N) is 1. The maximum Gasteiger partial charge on any atom is 0.264 e. The van der Waals surface area contributed by atoms with Crippen LogP contribution in [0.4, 0.5) is 5.69 Å². The number of ether oxygens (including phenoxy) is 2. The van der Waals surface area contributed by atoms with Crippen molar-refractivity contribution in [2.45, 2.75) is 82.7 Å². The summed E-state index contributed by atoms with van der Waals surface area (Å²) in [4.78, 5) is 32.7. The van der Waals surface area contributed by atoms with Crippen molar-refractivity contribution in [2.75, 3.05) is 58.3 Å². The van der Waals surface area contributed by atoms with E-state index in [1.54, 1.807) is 30.0 Å². The van der Waals surface area contributed by atoms with Crippen LogP contribution in [-0.4, -0.2) is 94.3 Å². The summed E-state index contributed by atoms with van der Waals surface area (Å²) in [5.41, 5.74) is 2.84. The molecule has 1 N–H and O–H groups in total. The van der Waals surface area contributed by atoms with Crippen molar-refractivity contribution in [1.82, 2.24) is 14.5 Å². The van der Waals surface area contributed by atoms with Crippen molar-refractivity contribution < 1.29 is 27.5 Å². The number of carbonyl (C=O) groups excluding carboxylic acids is 2. The molecule has 50 heavy (non-hydrogen) atoms. The average molecular weight is 729 g/mol. The fourth-order valence-electron chi connectivity index (χ4n) is 8.41. The third-order valence-corrected chi connectivity index (χ3v) is 14.2. The van der Waals surface area contributed by atoms with Gasteiger partial charge in [0.2, 0.25) is 15.9 Å². The summed E-state index contributed by atoms with van der Waals surface area (Å²) in [6.45, 7) is 8.00. The van der Waals surface area contributed by atoms with Gasteiger partial charge in [0.15, 0.2) is 0 Å². The van der Waals surface area contributed by atoms with Crippen molar-refractivity contribution in [1.29, 1.82) is 0 Å². The molecule has 0 aromatic heterocycles. The monoisotopic (exact) mass is 728 g/mol. The van der Waals surface area contributed by atoms with Crippen LogP contribution in [0.15, 0.2) is 36.4 Å². The van der Waals surface area contributed by atoms with Crippen LogP contribution in [0.3, 0.4) is 0 Å². The molecule has 4 aliphatic rings. The SMILES string of the molecule is CO[C@]1(CN2CCN(C)C(=O)C2)CCCC(C)[C@@H](C)S(=O)(=O)NC(=O)c2ccc3c(c2)N(CCCCc2cc(Cl)ccc2CO3)CC2CC[C@H]21. The third-order valence-electron chi connectivity index (χ3n) is 12.0. The molecular formula is C38H53ClN4O6S. The van der Waals surface area contributed by atoms with E-state index in [1.165, 1.54) is 5.56 Å². The summed E-state index contributed by atoms with van der Waals surface area (Å²) in [7, 11) is -0.283. The Hall–Kier alpha value is -2.86. The summed E-state index contributed by atoms with van der Waals surface area (Å²) in [5, 5.41) is -0.0609. The Bertz CT molecular complexity index is 1670. The predicted octanol–water partition coefficient (Wildman–Crippen LogP) is 5.52. The van der Waals surface area contributed by atoms with Crippen molar-refractivity contribution >= 4 is 39.1 Å². The number of methoxy groups -OCH3 is 1. The Labute approximate surface area is 302 Å². The van der Waals surface area contributed by atoms with Gasteiger partial charge in [-0.1, -0.05) is 31.0 Å². The van der Waals surface area contributed by atoms with E-state index < -0.39 is 26.8 Å². The molecule has 2 fully saturated rings. The van der Waals surface area contributed by atoms with Crippen molar-refractivity contribution in [2.24, 2.45) is 17.8 Å². The highest BCUT2D eigenvalue weighted by molar-refractivity contribution is 7.90. The molecule has 2 unspecified atom stereocenters. The number of likely N-dealkylation sites (N-methyl/N-ethyl adjacent to an activating group) is 1. The zero-order chi connectivity index (χ0) is 35.6. The highest BCUT2D eigenvalue weighted by Crippen LogP contribution is 2.48. The van der Waals surface area contributed by atoms with E-state index in [0.29, 0.717) is 49.4 Å². The zero-order valence-electron chi connectivity index (χ0n) is 30.0. The quantitative estimate of drug-likeness (QED) is 0.441. The maximum absolute atomic E-state index is 13.6. The van der Waals surface area contributed by atoms with E-state index in [0.717, 1.165) is 75.8 Å².